The highest BCUT2D eigenvalue weighted by molar-refractivity contribution is 5.74. The van der Waals surface area contributed by atoms with E-state index in [0.29, 0.717) is 5.56 Å². The van der Waals surface area contributed by atoms with Crippen molar-refractivity contribution in [3.8, 4) is 0 Å². The number of benzene rings is 1. The van der Waals surface area contributed by atoms with Crippen LogP contribution in [0.25, 0.3) is 0 Å². The molecule has 1 aliphatic rings. The van der Waals surface area contributed by atoms with Crippen molar-refractivity contribution in [1.29, 1.82) is 0 Å². The van der Waals surface area contributed by atoms with Gasteiger partial charge in [-0.2, -0.15) is 0 Å². The van der Waals surface area contributed by atoms with Crippen molar-refractivity contribution >= 4 is 5.97 Å². The van der Waals surface area contributed by atoms with Crippen LogP contribution in [0.4, 0.5) is 0 Å². The highest BCUT2D eigenvalue weighted by atomic mass is 16.5. The molecule has 0 radical (unpaired) electrons. The molecule has 2 rings (SSSR count). The number of carbonyl (C=O) groups is 1. The molecule has 0 amide bonds. The minimum Gasteiger partial charge on any atom is -0.490 e. The number of rotatable bonds is 4. The Kier molecular flexibility index (Phi) is 3.67. The van der Waals surface area contributed by atoms with E-state index in [4.69, 9.17) is 14.6 Å². The quantitative estimate of drug-likeness (QED) is 0.890. The van der Waals surface area contributed by atoms with E-state index in [1.165, 1.54) is 7.11 Å². The van der Waals surface area contributed by atoms with Gasteiger partial charge in [0.15, 0.2) is 6.10 Å². The number of allylic oxidation sites excluding steroid dienone is 1. The first-order chi connectivity index (χ1) is 8.61. The average Bonchev–Trinajstić information content (AvgIpc) is 2.77. The number of hydrogen-bond donors (Lipinski definition) is 1. The first kappa shape index (κ1) is 12.6. The molecule has 96 valence electrons. The molecule has 1 aromatic rings. The highest BCUT2D eigenvalue weighted by Gasteiger charge is 2.21. The van der Waals surface area contributed by atoms with Gasteiger partial charge in [0, 0.05) is 13.5 Å². The minimum atomic E-state index is -0.986. The Bertz CT molecular complexity index is 461. The maximum atomic E-state index is 11.0. The second kappa shape index (κ2) is 5.23. The summed E-state index contributed by atoms with van der Waals surface area (Å²) in [5.74, 6) is -0.0516. The van der Waals surface area contributed by atoms with Crippen molar-refractivity contribution in [1.82, 2.24) is 0 Å². The molecule has 0 saturated heterocycles. The van der Waals surface area contributed by atoms with Crippen LogP contribution in [0.2, 0.25) is 0 Å². The Balaban J connectivity index is 2.12. The Hall–Kier alpha value is -1.81. The molecule has 4 heteroatoms. The largest absolute Gasteiger partial charge is 0.490 e. The van der Waals surface area contributed by atoms with Crippen molar-refractivity contribution < 1.29 is 19.4 Å². The van der Waals surface area contributed by atoms with Gasteiger partial charge in [-0.15, -0.1) is 0 Å². The van der Waals surface area contributed by atoms with Crippen LogP contribution in [-0.2, 0) is 14.3 Å². The van der Waals surface area contributed by atoms with Crippen LogP contribution < -0.4 is 0 Å². The van der Waals surface area contributed by atoms with Crippen LogP contribution in [0.15, 0.2) is 36.1 Å². The first-order valence-electron chi connectivity index (χ1n) is 5.80. The molecule has 2 atom stereocenters. The monoisotopic (exact) mass is 248 g/mol. The van der Waals surface area contributed by atoms with E-state index in [2.05, 4.69) is 0 Å². The topological polar surface area (TPSA) is 55.8 Å². The predicted molar refractivity (Wildman–Crippen MR) is 66.0 cm³/mol. The summed E-state index contributed by atoms with van der Waals surface area (Å²) in [6.45, 7) is 1.93. The van der Waals surface area contributed by atoms with Crippen LogP contribution >= 0.6 is 0 Å². The molecule has 1 aromatic carbocycles. The maximum Gasteiger partial charge on any atom is 0.337 e. The molecule has 18 heavy (non-hydrogen) atoms. The normalized spacial score (nSPS) is 20.1. The van der Waals surface area contributed by atoms with Crippen molar-refractivity contribution in [3.63, 3.8) is 0 Å². The minimum absolute atomic E-state index is 0.0462. The van der Waals surface area contributed by atoms with Gasteiger partial charge in [-0.25, -0.2) is 4.79 Å². The van der Waals surface area contributed by atoms with Crippen LogP contribution in [0, 0.1) is 0 Å². The molecule has 0 aliphatic carbocycles. The Morgan fingerprint density at radius 3 is 2.56 bits per heavy atom. The lowest BCUT2D eigenvalue weighted by Gasteiger charge is -2.15. The highest BCUT2D eigenvalue weighted by Crippen LogP contribution is 2.31. The summed E-state index contributed by atoms with van der Waals surface area (Å²) in [6, 6.07) is 7.33. The molecule has 0 aromatic heterocycles. The fourth-order valence-electron chi connectivity index (χ4n) is 2.06. The molecule has 1 N–H and O–H groups in total. The van der Waals surface area contributed by atoms with E-state index in [-0.39, 0.29) is 6.10 Å². The van der Waals surface area contributed by atoms with Crippen LogP contribution in [0.1, 0.15) is 36.7 Å². The molecule has 1 heterocycles. The number of ether oxygens (including phenoxy) is 2. The summed E-state index contributed by atoms with van der Waals surface area (Å²) < 4.78 is 10.6. The lowest BCUT2D eigenvalue weighted by Crippen LogP contribution is -2.13. The molecule has 0 fully saturated rings. The second-order valence-electron chi connectivity index (χ2n) is 4.28. The number of carboxylic acids is 1. The summed E-state index contributed by atoms with van der Waals surface area (Å²) >= 11 is 0. The standard InChI is InChI=1S/C14H16O4/c1-9-3-8-12(18-9)10-4-6-11(7-5-10)13(17-2)14(15)16/h3-7,12-13H,8H2,1-2H3,(H,15,16). The molecule has 4 nitrogen and oxygen atoms in total. The third-order valence-electron chi connectivity index (χ3n) is 3.02. The zero-order chi connectivity index (χ0) is 13.1. The van der Waals surface area contributed by atoms with Gasteiger partial charge in [-0.3, -0.25) is 0 Å². The van der Waals surface area contributed by atoms with Crippen LogP contribution in [0.5, 0.6) is 0 Å². The summed E-state index contributed by atoms with van der Waals surface area (Å²) in [5.41, 5.74) is 1.68. The third-order valence-corrected chi connectivity index (χ3v) is 3.02. The number of aliphatic carboxylic acids is 1. The summed E-state index contributed by atoms with van der Waals surface area (Å²) in [4.78, 5) is 11.0. The van der Waals surface area contributed by atoms with E-state index in [1.807, 2.05) is 25.1 Å². The maximum absolute atomic E-state index is 11.0. The number of carboxylic acid groups (broad SMARTS) is 1. The molecule has 0 bridgehead atoms. The molecule has 0 saturated carbocycles. The van der Waals surface area contributed by atoms with Gasteiger partial charge in [-0.1, -0.05) is 24.3 Å². The van der Waals surface area contributed by atoms with Gasteiger partial charge in [0.2, 0.25) is 0 Å². The number of methoxy groups -OCH3 is 1. The predicted octanol–water partition coefficient (Wildman–Crippen LogP) is 2.82. The van der Waals surface area contributed by atoms with Crippen molar-refractivity contribution in [3.05, 3.63) is 47.2 Å². The first-order valence-corrected chi connectivity index (χ1v) is 5.80. The lowest BCUT2D eigenvalue weighted by molar-refractivity contribution is -0.148. The second-order valence-corrected chi connectivity index (χ2v) is 4.28. The zero-order valence-corrected chi connectivity index (χ0v) is 10.4. The summed E-state index contributed by atoms with van der Waals surface area (Å²) in [6.07, 6.45) is 2.04. The Labute approximate surface area is 106 Å². The van der Waals surface area contributed by atoms with E-state index in [0.717, 1.165) is 17.7 Å². The van der Waals surface area contributed by atoms with Gasteiger partial charge < -0.3 is 14.6 Å². The summed E-state index contributed by atoms with van der Waals surface area (Å²) in [7, 11) is 1.39. The van der Waals surface area contributed by atoms with Gasteiger partial charge in [0.05, 0.1) is 5.76 Å². The smallest absolute Gasteiger partial charge is 0.337 e. The van der Waals surface area contributed by atoms with Gasteiger partial charge >= 0.3 is 5.97 Å². The van der Waals surface area contributed by atoms with E-state index >= 15 is 0 Å². The molecule has 0 spiro atoms. The summed E-state index contributed by atoms with van der Waals surface area (Å²) in [5, 5.41) is 8.98. The van der Waals surface area contributed by atoms with Crippen molar-refractivity contribution in [2.75, 3.05) is 7.11 Å². The average molecular weight is 248 g/mol. The molecular weight excluding hydrogens is 232 g/mol. The van der Waals surface area contributed by atoms with E-state index in [9.17, 15) is 4.79 Å². The van der Waals surface area contributed by atoms with Crippen molar-refractivity contribution in [2.45, 2.75) is 25.6 Å². The Morgan fingerprint density at radius 2 is 2.11 bits per heavy atom. The number of hydrogen-bond acceptors (Lipinski definition) is 3. The zero-order valence-electron chi connectivity index (χ0n) is 10.4. The van der Waals surface area contributed by atoms with Gasteiger partial charge in [0.25, 0.3) is 0 Å². The van der Waals surface area contributed by atoms with Crippen LogP contribution in [-0.4, -0.2) is 18.2 Å². The Morgan fingerprint density at radius 1 is 1.44 bits per heavy atom. The van der Waals surface area contributed by atoms with Crippen LogP contribution in [0.3, 0.4) is 0 Å². The molecule has 1 aliphatic heterocycles. The molecule has 2 unspecified atom stereocenters. The fourth-order valence-corrected chi connectivity index (χ4v) is 2.06. The fraction of sp³-hybridized carbons (Fsp3) is 0.357. The van der Waals surface area contributed by atoms with Crippen molar-refractivity contribution in [2.24, 2.45) is 0 Å². The van der Waals surface area contributed by atoms with Gasteiger partial charge in [0.1, 0.15) is 6.10 Å². The lowest BCUT2D eigenvalue weighted by atomic mass is 10.0. The van der Waals surface area contributed by atoms with Gasteiger partial charge in [-0.05, 0) is 24.1 Å². The van der Waals surface area contributed by atoms with E-state index < -0.39 is 12.1 Å². The van der Waals surface area contributed by atoms with E-state index in [1.54, 1.807) is 12.1 Å². The third kappa shape index (κ3) is 2.54. The molecular formula is C14H16O4. The SMILES string of the molecule is COC(C(=O)O)c1ccc(C2CC=C(C)O2)cc1.